The van der Waals surface area contributed by atoms with Crippen LogP contribution in [0.15, 0.2) is 24.4 Å². The van der Waals surface area contributed by atoms with Crippen molar-refractivity contribution in [3.8, 4) is 0 Å². The van der Waals surface area contributed by atoms with Crippen LogP contribution in [-0.2, 0) is 7.05 Å². The lowest BCUT2D eigenvalue weighted by molar-refractivity contribution is 0.923. The number of benzene rings is 1. The van der Waals surface area contributed by atoms with Gasteiger partial charge in [-0.25, -0.2) is 4.98 Å². The SMILES string of the molecule is Cc1cn(C)c(Nc2cccc(C)c2C)n1. The Kier molecular flexibility index (Phi) is 2.69. The number of rotatable bonds is 2. The number of hydrogen-bond donors (Lipinski definition) is 1. The lowest BCUT2D eigenvalue weighted by Crippen LogP contribution is -2.00. The van der Waals surface area contributed by atoms with Gasteiger partial charge in [-0.2, -0.15) is 0 Å². The van der Waals surface area contributed by atoms with Crippen molar-refractivity contribution < 1.29 is 0 Å². The van der Waals surface area contributed by atoms with Crippen molar-refractivity contribution in [2.24, 2.45) is 7.05 Å². The molecular weight excluding hydrogens is 198 g/mol. The van der Waals surface area contributed by atoms with E-state index in [9.17, 15) is 0 Å². The smallest absolute Gasteiger partial charge is 0.207 e. The summed E-state index contributed by atoms with van der Waals surface area (Å²) in [6.07, 6.45) is 2.01. The molecule has 0 aliphatic rings. The first-order valence-corrected chi connectivity index (χ1v) is 5.41. The average Bonchev–Trinajstić information content (AvgIpc) is 2.53. The summed E-state index contributed by atoms with van der Waals surface area (Å²) >= 11 is 0. The van der Waals surface area contributed by atoms with Crippen LogP contribution in [0.1, 0.15) is 16.8 Å². The van der Waals surface area contributed by atoms with Gasteiger partial charge < -0.3 is 9.88 Å². The summed E-state index contributed by atoms with van der Waals surface area (Å²) in [5, 5.41) is 3.35. The molecule has 0 aliphatic carbocycles. The van der Waals surface area contributed by atoms with Crippen molar-refractivity contribution in [1.82, 2.24) is 9.55 Å². The van der Waals surface area contributed by atoms with Gasteiger partial charge in [0.25, 0.3) is 0 Å². The van der Waals surface area contributed by atoms with Crippen LogP contribution in [0.5, 0.6) is 0 Å². The minimum atomic E-state index is 0.881. The molecule has 0 atom stereocenters. The second kappa shape index (κ2) is 4.00. The van der Waals surface area contributed by atoms with Crippen molar-refractivity contribution in [1.29, 1.82) is 0 Å². The molecule has 0 saturated heterocycles. The molecule has 0 aliphatic heterocycles. The van der Waals surface area contributed by atoms with Gasteiger partial charge in [-0.05, 0) is 38.0 Å². The van der Waals surface area contributed by atoms with Crippen LogP contribution < -0.4 is 5.32 Å². The van der Waals surface area contributed by atoms with Crippen molar-refractivity contribution >= 4 is 11.6 Å². The molecule has 0 radical (unpaired) electrons. The van der Waals surface area contributed by atoms with E-state index >= 15 is 0 Å². The highest BCUT2D eigenvalue weighted by Gasteiger charge is 2.05. The first-order chi connectivity index (χ1) is 7.58. The highest BCUT2D eigenvalue weighted by atomic mass is 15.2. The van der Waals surface area contributed by atoms with E-state index in [1.54, 1.807) is 0 Å². The molecule has 0 fully saturated rings. The van der Waals surface area contributed by atoms with Gasteiger partial charge in [-0.3, -0.25) is 0 Å². The summed E-state index contributed by atoms with van der Waals surface area (Å²) in [5.74, 6) is 0.881. The molecule has 1 aromatic heterocycles. The Morgan fingerprint density at radius 3 is 2.56 bits per heavy atom. The zero-order valence-electron chi connectivity index (χ0n) is 10.2. The van der Waals surface area contributed by atoms with Crippen LogP contribution in [0.3, 0.4) is 0 Å². The van der Waals surface area contributed by atoms with Crippen molar-refractivity contribution in [2.45, 2.75) is 20.8 Å². The summed E-state index contributed by atoms with van der Waals surface area (Å²) in [6.45, 7) is 6.23. The molecule has 0 bridgehead atoms. The number of imidazole rings is 1. The standard InChI is InChI=1S/C13H17N3/c1-9-6-5-7-12(11(9)3)15-13-14-10(2)8-16(13)4/h5-8H,1-4H3,(H,14,15). The van der Waals surface area contributed by atoms with E-state index in [4.69, 9.17) is 0 Å². The average molecular weight is 215 g/mol. The second-order valence-corrected chi connectivity index (χ2v) is 4.19. The van der Waals surface area contributed by atoms with E-state index in [1.807, 2.05) is 24.7 Å². The van der Waals surface area contributed by atoms with E-state index in [2.05, 4.69) is 42.3 Å². The fraction of sp³-hybridized carbons (Fsp3) is 0.308. The fourth-order valence-electron chi connectivity index (χ4n) is 1.74. The molecule has 1 heterocycles. The minimum absolute atomic E-state index is 0.881. The maximum absolute atomic E-state index is 4.43. The van der Waals surface area contributed by atoms with E-state index in [0.29, 0.717) is 0 Å². The molecule has 2 rings (SSSR count). The van der Waals surface area contributed by atoms with Crippen LogP contribution in [0.2, 0.25) is 0 Å². The molecule has 0 amide bonds. The van der Waals surface area contributed by atoms with Gasteiger partial charge in [0.15, 0.2) is 0 Å². The monoisotopic (exact) mass is 215 g/mol. The largest absolute Gasteiger partial charge is 0.325 e. The Balaban J connectivity index is 2.34. The number of aromatic nitrogens is 2. The van der Waals surface area contributed by atoms with Gasteiger partial charge in [-0.15, -0.1) is 0 Å². The predicted octanol–water partition coefficient (Wildman–Crippen LogP) is 3.09. The highest BCUT2D eigenvalue weighted by molar-refractivity contribution is 5.60. The molecule has 3 nitrogen and oxygen atoms in total. The molecule has 2 aromatic rings. The maximum atomic E-state index is 4.43. The zero-order chi connectivity index (χ0) is 11.7. The Labute approximate surface area is 96.1 Å². The number of hydrogen-bond acceptors (Lipinski definition) is 2. The Morgan fingerprint density at radius 1 is 1.19 bits per heavy atom. The van der Waals surface area contributed by atoms with Crippen LogP contribution in [0, 0.1) is 20.8 Å². The third kappa shape index (κ3) is 1.94. The third-order valence-electron chi connectivity index (χ3n) is 2.85. The second-order valence-electron chi connectivity index (χ2n) is 4.19. The fourth-order valence-corrected chi connectivity index (χ4v) is 1.74. The lowest BCUT2D eigenvalue weighted by Gasteiger charge is -2.10. The van der Waals surface area contributed by atoms with Gasteiger partial charge >= 0.3 is 0 Å². The Morgan fingerprint density at radius 2 is 1.94 bits per heavy atom. The van der Waals surface area contributed by atoms with Crippen molar-refractivity contribution in [3.05, 3.63) is 41.2 Å². The number of nitrogens with one attached hydrogen (secondary N) is 1. The van der Waals surface area contributed by atoms with Gasteiger partial charge in [0.2, 0.25) is 5.95 Å². The van der Waals surface area contributed by atoms with Gasteiger partial charge in [-0.1, -0.05) is 12.1 Å². The molecule has 0 spiro atoms. The molecule has 84 valence electrons. The zero-order valence-corrected chi connectivity index (χ0v) is 10.2. The molecule has 1 N–H and O–H groups in total. The summed E-state index contributed by atoms with van der Waals surface area (Å²) in [7, 11) is 1.99. The molecule has 3 heteroatoms. The van der Waals surface area contributed by atoms with Crippen LogP contribution in [0.25, 0.3) is 0 Å². The summed E-state index contributed by atoms with van der Waals surface area (Å²) in [6, 6.07) is 6.25. The van der Waals surface area contributed by atoms with E-state index in [1.165, 1.54) is 11.1 Å². The van der Waals surface area contributed by atoms with Gasteiger partial charge in [0.05, 0.1) is 5.69 Å². The summed E-state index contributed by atoms with van der Waals surface area (Å²) in [4.78, 5) is 4.43. The molecule has 0 unspecified atom stereocenters. The van der Waals surface area contributed by atoms with E-state index in [-0.39, 0.29) is 0 Å². The number of aryl methyl sites for hydroxylation is 3. The molecule has 0 saturated carbocycles. The maximum Gasteiger partial charge on any atom is 0.207 e. The lowest BCUT2D eigenvalue weighted by atomic mass is 10.1. The third-order valence-corrected chi connectivity index (χ3v) is 2.85. The topological polar surface area (TPSA) is 29.9 Å². The summed E-state index contributed by atoms with van der Waals surface area (Å²) < 4.78 is 2.00. The predicted molar refractivity (Wildman–Crippen MR) is 67.1 cm³/mol. The Bertz CT molecular complexity index is 512. The highest BCUT2D eigenvalue weighted by Crippen LogP contribution is 2.21. The van der Waals surface area contributed by atoms with Crippen molar-refractivity contribution in [2.75, 3.05) is 5.32 Å². The van der Waals surface area contributed by atoms with Crippen LogP contribution in [-0.4, -0.2) is 9.55 Å². The first kappa shape index (κ1) is 10.7. The van der Waals surface area contributed by atoms with E-state index < -0.39 is 0 Å². The van der Waals surface area contributed by atoms with E-state index in [0.717, 1.165) is 17.3 Å². The number of anilines is 2. The Hall–Kier alpha value is -1.77. The van der Waals surface area contributed by atoms with Gasteiger partial charge in [0.1, 0.15) is 0 Å². The quantitative estimate of drug-likeness (QED) is 0.834. The van der Waals surface area contributed by atoms with Gasteiger partial charge in [0, 0.05) is 18.9 Å². The molecule has 1 aromatic carbocycles. The normalized spacial score (nSPS) is 10.5. The van der Waals surface area contributed by atoms with Crippen LogP contribution in [0.4, 0.5) is 11.6 Å². The summed E-state index contributed by atoms with van der Waals surface area (Å²) in [5.41, 5.74) is 4.70. The number of nitrogens with zero attached hydrogens (tertiary/aromatic N) is 2. The molecular formula is C13H17N3. The minimum Gasteiger partial charge on any atom is -0.325 e. The molecule has 16 heavy (non-hydrogen) atoms. The van der Waals surface area contributed by atoms with Crippen molar-refractivity contribution in [3.63, 3.8) is 0 Å². The van der Waals surface area contributed by atoms with Crippen LogP contribution >= 0.6 is 0 Å². The first-order valence-electron chi connectivity index (χ1n) is 5.41.